The van der Waals surface area contributed by atoms with E-state index in [1.807, 2.05) is 60.0 Å². The van der Waals surface area contributed by atoms with Crippen molar-refractivity contribution in [1.29, 1.82) is 0 Å². The fourth-order valence-electron chi connectivity index (χ4n) is 2.46. The lowest BCUT2D eigenvalue weighted by Gasteiger charge is -2.12. The zero-order valence-electron chi connectivity index (χ0n) is 14.4. The molecule has 0 saturated heterocycles. The molecule has 7 heteroatoms. The third-order valence-electron chi connectivity index (χ3n) is 3.83. The molecule has 0 aliphatic heterocycles. The van der Waals surface area contributed by atoms with Crippen LogP contribution in [-0.4, -0.2) is 24.2 Å². The summed E-state index contributed by atoms with van der Waals surface area (Å²) in [6, 6.07) is 18.9. The predicted molar refractivity (Wildman–Crippen MR) is 111 cm³/mol. The SMILES string of the molecule is COc1ccc(/C=N\N(C(=O)c2cccs2)c2nc3ccccc3s2)cc1. The van der Waals surface area contributed by atoms with E-state index in [1.54, 1.807) is 19.4 Å². The smallest absolute Gasteiger partial charge is 0.290 e. The van der Waals surface area contributed by atoms with E-state index < -0.39 is 0 Å². The fourth-order valence-corrected chi connectivity index (χ4v) is 4.03. The molecule has 0 fully saturated rings. The third kappa shape index (κ3) is 3.74. The second kappa shape index (κ2) is 7.69. The monoisotopic (exact) mass is 393 g/mol. The number of thiazole rings is 1. The highest BCUT2D eigenvalue weighted by Gasteiger charge is 2.21. The predicted octanol–water partition coefficient (Wildman–Crippen LogP) is 5.05. The van der Waals surface area contributed by atoms with Crippen molar-refractivity contribution in [3.63, 3.8) is 0 Å². The largest absolute Gasteiger partial charge is 0.497 e. The molecule has 5 nitrogen and oxygen atoms in total. The molecule has 0 aliphatic carbocycles. The molecule has 0 spiro atoms. The van der Waals surface area contributed by atoms with Crippen molar-refractivity contribution in [3.8, 4) is 5.75 Å². The van der Waals surface area contributed by atoms with Crippen molar-refractivity contribution in [2.24, 2.45) is 5.10 Å². The summed E-state index contributed by atoms with van der Waals surface area (Å²) in [6.07, 6.45) is 1.65. The fraction of sp³-hybridized carbons (Fsp3) is 0.0500. The summed E-state index contributed by atoms with van der Waals surface area (Å²) >= 11 is 2.82. The van der Waals surface area contributed by atoms with Crippen LogP contribution in [0.3, 0.4) is 0 Å². The van der Waals surface area contributed by atoms with Gasteiger partial charge in [0.2, 0.25) is 5.13 Å². The number of carbonyl (C=O) groups excluding carboxylic acids is 1. The number of thiophene rings is 1. The van der Waals surface area contributed by atoms with Crippen LogP contribution in [0.4, 0.5) is 5.13 Å². The number of methoxy groups -OCH3 is 1. The van der Waals surface area contributed by atoms with Crippen molar-refractivity contribution in [3.05, 3.63) is 76.5 Å². The zero-order chi connectivity index (χ0) is 18.6. The number of hydrazone groups is 1. The Balaban J connectivity index is 1.70. The lowest BCUT2D eigenvalue weighted by Crippen LogP contribution is -2.24. The van der Waals surface area contributed by atoms with Crippen LogP contribution in [-0.2, 0) is 0 Å². The Bertz CT molecular complexity index is 1050. The first-order valence-corrected chi connectivity index (χ1v) is 9.86. The Hall–Kier alpha value is -3.03. The van der Waals surface area contributed by atoms with Crippen molar-refractivity contribution >= 4 is 50.1 Å². The average molecular weight is 393 g/mol. The van der Waals surface area contributed by atoms with Gasteiger partial charge in [0.05, 0.1) is 28.4 Å². The molecule has 134 valence electrons. The van der Waals surface area contributed by atoms with Crippen molar-refractivity contribution < 1.29 is 9.53 Å². The van der Waals surface area contributed by atoms with Gasteiger partial charge in [-0.2, -0.15) is 10.1 Å². The molecule has 0 unspecified atom stereocenters. The number of fused-ring (bicyclic) bond motifs is 1. The number of carbonyl (C=O) groups is 1. The number of aromatic nitrogens is 1. The van der Waals surface area contributed by atoms with E-state index in [1.165, 1.54) is 27.7 Å². The normalized spacial score (nSPS) is 11.1. The number of para-hydroxylation sites is 1. The lowest BCUT2D eigenvalue weighted by atomic mass is 10.2. The van der Waals surface area contributed by atoms with E-state index >= 15 is 0 Å². The van der Waals surface area contributed by atoms with Crippen molar-refractivity contribution in [2.75, 3.05) is 12.1 Å². The van der Waals surface area contributed by atoms with Crippen LogP contribution in [0.1, 0.15) is 15.2 Å². The van der Waals surface area contributed by atoms with Crippen LogP contribution in [0.25, 0.3) is 10.2 Å². The van der Waals surface area contributed by atoms with Gasteiger partial charge in [0.1, 0.15) is 5.75 Å². The first-order valence-electron chi connectivity index (χ1n) is 8.16. The van der Waals surface area contributed by atoms with E-state index in [0.29, 0.717) is 10.0 Å². The molecule has 0 saturated carbocycles. The Morgan fingerprint density at radius 2 is 1.93 bits per heavy atom. The third-order valence-corrected chi connectivity index (χ3v) is 5.70. The Labute approximate surface area is 164 Å². The van der Waals surface area contributed by atoms with Crippen LogP contribution in [0.2, 0.25) is 0 Å². The molecule has 0 bridgehead atoms. The maximum Gasteiger partial charge on any atom is 0.290 e. The van der Waals surface area contributed by atoms with Gasteiger partial charge in [-0.05, 0) is 53.4 Å². The molecule has 4 rings (SSSR count). The standard InChI is InChI=1S/C20H15N3O2S2/c1-25-15-10-8-14(9-11-15)13-21-23(19(24)18-7-4-12-26-18)20-22-16-5-2-3-6-17(16)27-20/h2-13H,1H3/b21-13-. The van der Waals surface area contributed by atoms with Gasteiger partial charge in [0, 0.05) is 0 Å². The summed E-state index contributed by atoms with van der Waals surface area (Å²) < 4.78 is 6.18. The highest BCUT2D eigenvalue weighted by atomic mass is 32.1. The zero-order valence-corrected chi connectivity index (χ0v) is 16.0. The Kier molecular flexibility index (Phi) is 4.95. The van der Waals surface area contributed by atoms with Crippen molar-refractivity contribution in [1.82, 2.24) is 4.98 Å². The summed E-state index contributed by atoms with van der Waals surface area (Å²) in [7, 11) is 1.62. The van der Waals surface area contributed by atoms with E-state index in [2.05, 4.69) is 10.1 Å². The minimum atomic E-state index is -0.200. The van der Waals surface area contributed by atoms with E-state index in [-0.39, 0.29) is 5.91 Å². The Morgan fingerprint density at radius 3 is 2.63 bits per heavy atom. The number of benzene rings is 2. The van der Waals surface area contributed by atoms with E-state index in [0.717, 1.165) is 21.5 Å². The molecule has 0 aliphatic rings. The van der Waals surface area contributed by atoms with Crippen LogP contribution in [0.5, 0.6) is 5.75 Å². The van der Waals surface area contributed by atoms with Crippen LogP contribution < -0.4 is 9.75 Å². The molecule has 2 aromatic heterocycles. The van der Waals surface area contributed by atoms with Gasteiger partial charge in [0.15, 0.2) is 0 Å². The minimum Gasteiger partial charge on any atom is -0.497 e. The quantitative estimate of drug-likeness (QED) is 0.352. The molecule has 1 amide bonds. The van der Waals surface area contributed by atoms with Gasteiger partial charge in [-0.15, -0.1) is 11.3 Å². The Morgan fingerprint density at radius 1 is 1.11 bits per heavy atom. The van der Waals surface area contributed by atoms with Gasteiger partial charge >= 0.3 is 0 Å². The topological polar surface area (TPSA) is 54.8 Å². The number of hydrogen-bond acceptors (Lipinski definition) is 6. The van der Waals surface area contributed by atoms with Gasteiger partial charge in [-0.1, -0.05) is 29.5 Å². The first kappa shape index (κ1) is 17.4. The van der Waals surface area contributed by atoms with Gasteiger partial charge in [-0.3, -0.25) is 4.79 Å². The van der Waals surface area contributed by atoms with E-state index in [4.69, 9.17) is 4.74 Å². The average Bonchev–Trinajstić information content (AvgIpc) is 3.38. The maximum atomic E-state index is 13.0. The number of rotatable bonds is 5. The molecule has 0 atom stereocenters. The molecule has 27 heavy (non-hydrogen) atoms. The minimum absolute atomic E-state index is 0.200. The second-order valence-electron chi connectivity index (χ2n) is 5.58. The number of ether oxygens (including phenoxy) is 1. The number of nitrogens with zero attached hydrogens (tertiary/aromatic N) is 3. The number of amides is 1. The summed E-state index contributed by atoms with van der Waals surface area (Å²) in [5.74, 6) is 0.568. The summed E-state index contributed by atoms with van der Waals surface area (Å²) in [5, 5.41) is 8.22. The number of anilines is 1. The molecule has 4 aromatic rings. The summed E-state index contributed by atoms with van der Waals surface area (Å²) in [5.41, 5.74) is 1.71. The van der Waals surface area contributed by atoms with Crippen LogP contribution >= 0.6 is 22.7 Å². The molecule has 2 heterocycles. The summed E-state index contributed by atoms with van der Waals surface area (Å²) in [4.78, 5) is 18.2. The van der Waals surface area contributed by atoms with Crippen molar-refractivity contribution in [2.45, 2.75) is 0 Å². The lowest BCUT2D eigenvalue weighted by molar-refractivity contribution is 0.0991. The molecule has 2 aromatic carbocycles. The highest BCUT2D eigenvalue weighted by molar-refractivity contribution is 7.22. The molecule has 0 radical (unpaired) electrons. The van der Waals surface area contributed by atoms with Gasteiger partial charge in [-0.25, -0.2) is 4.98 Å². The molecular weight excluding hydrogens is 378 g/mol. The maximum absolute atomic E-state index is 13.0. The second-order valence-corrected chi connectivity index (χ2v) is 7.53. The van der Waals surface area contributed by atoms with Crippen LogP contribution in [0, 0.1) is 0 Å². The van der Waals surface area contributed by atoms with E-state index in [9.17, 15) is 4.79 Å². The first-order chi connectivity index (χ1) is 13.2. The number of hydrogen-bond donors (Lipinski definition) is 0. The van der Waals surface area contributed by atoms with Gasteiger partial charge in [0.25, 0.3) is 5.91 Å². The van der Waals surface area contributed by atoms with Gasteiger partial charge < -0.3 is 4.74 Å². The molecule has 0 N–H and O–H groups in total. The molecular formula is C20H15N3O2S2. The highest BCUT2D eigenvalue weighted by Crippen LogP contribution is 2.30. The summed E-state index contributed by atoms with van der Waals surface area (Å²) in [6.45, 7) is 0. The van der Waals surface area contributed by atoms with Crippen LogP contribution in [0.15, 0.2) is 71.1 Å².